The second kappa shape index (κ2) is 7.92. The summed E-state index contributed by atoms with van der Waals surface area (Å²) in [6.45, 7) is 1.98. The minimum Gasteiger partial charge on any atom is -0.481 e. The van der Waals surface area contributed by atoms with Crippen molar-refractivity contribution in [2.24, 2.45) is 0 Å². The standard InChI is InChI=1S/C5H10O2.H4O7P2/c1-2-3-4-5(6)7;1-8(2,3)7-9(4,5)6/h2-4H2,1H3,(H,6,7);(H2,1,2,3)(H2,4,5,6). The summed E-state index contributed by atoms with van der Waals surface area (Å²) in [5.74, 6) is -0.693. The SMILES string of the molecule is CCCCC(=O)O.O=P(O)(O)OP(=O)(O)O. The third-order valence-electron chi connectivity index (χ3n) is 0.957. The zero-order valence-corrected chi connectivity index (χ0v) is 10.2. The Bertz CT molecular complexity index is 268. The molecule has 0 unspecified atom stereocenters. The van der Waals surface area contributed by atoms with Crippen LogP contribution in [0, 0.1) is 0 Å². The molecule has 11 heteroatoms. The average molecular weight is 280 g/mol. The first kappa shape index (κ1) is 18.1. The van der Waals surface area contributed by atoms with Crippen molar-refractivity contribution in [3.05, 3.63) is 0 Å². The summed E-state index contributed by atoms with van der Waals surface area (Å²) >= 11 is 0. The van der Waals surface area contributed by atoms with Crippen LogP contribution in [0.2, 0.25) is 0 Å². The topological polar surface area (TPSA) is 162 Å². The maximum absolute atomic E-state index is 9.76. The molecule has 0 heterocycles. The molecular formula is C5H14O9P2. The third kappa shape index (κ3) is 23.5. The van der Waals surface area contributed by atoms with Crippen LogP contribution >= 0.6 is 15.6 Å². The van der Waals surface area contributed by atoms with Crippen molar-refractivity contribution in [1.82, 2.24) is 0 Å². The number of rotatable bonds is 5. The number of carboxylic acid groups (broad SMARTS) is 1. The van der Waals surface area contributed by atoms with Gasteiger partial charge in [-0.3, -0.25) is 4.79 Å². The van der Waals surface area contributed by atoms with Gasteiger partial charge in [0.25, 0.3) is 0 Å². The van der Waals surface area contributed by atoms with Crippen LogP contribution in [0.5, 0.6) is 0 Å². The largest absolute Gasteiger partial charge is 0.481 e. The molecule has 0 aliphatic heterocycles. The van der Waals surface area contributed by atoms with Gasteiger partial charge in [-0.1, -0.05) is 13.3 Å². The highest BCUT2D eigenvalue weighted by Gasteiger charge is 2.27. The molecule has 0 spiro atoms. The van der Waals surface area contributed by atoms with Crippen LogP contribution in [0.4, 0.5) is 0 Å². The molecule has 0 aliphatic rings. The van der Waals surface area contributed by atoms with Gasteiger partial charge in [0, 0.05) is 6.42 Å². The lowest BCUT2D eigenvalue weighted by Crippen LogP contribution is -1.91. The van der Waals surface area contributed by atoms with Crippen molar-refractivity contribution in [3.63, 3.8) is 0 Å². The van der Waals surface area contributed by atoms with Gasteiger partial charge in [-0.2, -0.15) is 4.31 Å². The van der Waals surface area contributed by atoms with Gasteiger partial charge in [0.15, 0.2) is 0 Å². The van der Waals surface area contributed by atoms with Crippen molar-refractivity contribution >= 4 is 21.6 Å². The number of hydrogen-bond acceptors (Lipinski definition) is 4. The smallest absolute Gasteiger partial charge is 0.478 e. The van der Waals surface area contributed by atoms with Crippen molar-refractivity contribution in [2.45, 2.75) is 26.2 Å². The number of carboxylic acids is 1. The quantitative estimate of drug-likeness (QED) is 0.450. The third-order valence-corrected chi connectivity index (χ3v) is 2.66. The molecule has 0 bridgehead atoms. The summed E-state index contributed by atoms with van der Waals surface area (Å²) in [5, 5.41) is 8.04. The van der Waals surface area contributed by atoms with Crippen LogP contribution in [0.3, 0.4) is 0 Å². The monoisotopic (exact) mass is 280 g/mol. The maximum atomic E-state index is 9.76. The number of carbonyl (C=O) groups is 1. The fourth-order valence-corrected chi connectivity index (χ4v) is 1.58. The molecule has 0 fully saturated rings. The summed E-state index contributed by atoms with van der Waals surface area (Å²) in [6.07, 6.45) is 2.08. The molecule has 0 aromatic rings. The fourth-order valence-electron chi connectivity index (χ4n) is 0.467. The number of phosphoric acid groups is 2. The van der Waals surface area contributed by atoms with Gasteiger partial charge in [0.1, 0.15) is 0 Å². The summed E-state index contributed by atoms with van der Waals surface area (Å²) in [7, 11) is -10.1. The molecule has 0 rings (SSSR count). The van der Waals surface area contributed by atoms with Gasteiger partial charge < -0.3 is 24.7 Å². The van der Waals surface area contributed by atoms with E-state index in [0.717, 1.165) is 12.8 Å². The molecule has 0 saturated heterocycles. The highest BCUT2D eigenvalue weighted by atomic mass is 31.3. The lowest BCUT2D eigenvalue weighted by Gasteiger charge is -2.03. The van der Waals surface area contributed by atoms with E-state index < -0.39 is 21.6 Å². The molecule has 16 heavy (non-hydrogen) atoms. The van der Waals surface area contributed by atoms with Gasteiger partial charge in [-0.15, -0.1) is 0 Å². The molecule has 5 N–H and O–H groups in total. The van der Waals surface area contributed by atoms with E-state index in [0.29, 0.717) is 6.42 Å². The summed E-state index contributed by atoms with van der Waals surface area (Å²) in [4.78, 5) is 40.8. The molecule has 0 radical (unpaired) electrons. The van der Waals surface area contributed by atoms with Gasteiger partial charge >= 0.3 is 21.6 Å². The molecule has 0 aliphatic carbocycles. The zero-order valence-electron chi connectivity index (χ0n) is 8.38. The van der Waals surface area contributed by atoms with Crippen molar-refractivity contribution in [3.8, 4) is 0 Å². The van der Waals surface area contributed by atoms with Crippen molar-refractivity contribution < 1.29 is 42.9 Å². The van der Waals surface area contributed by atoms with E-state index in [1.54, 1.807) is 0 Å². The van der Waals surface area contributed by atoms with Gasteiger partial charge in [0.2, 0.25) is 0 Å². The Kier molecular flexibility index (Phi) is 8.96. The van der Waals surface area contributed by atoms with Crippen molar-refractivity contribution in [2.75, 3.05) is 0 Å². The first-order chi connectivity index (χ1) is 6.98. The van der Waals surface area contributed by atoms with Gasteiger partial charge in [0.05, 0.1) is 0 Å². The summed E-state index contributed by atoms with van der Waals surface area (Å²) in [5.41, 5.74) is 0. The van der Waals surface area contributed by atoms with Crippen LogP contribution in [0.15, 0.2) is 0 Å². The highest BCUT2D eigenvalue weighted by Crippen LogP contribution is 2.53. The molecule has 0 aromatic carbocycles. The Balaban J connectivity index is 0. The van der Waals surface area contributed by atoms with Crippen LogP contribution in [-0.2, 0) is 18.2 Å². The van der Waals surface area contributed by atoms with E-state index in [1.165, 1.54) is 0 Å². The molecule has 0 atom stereocenters. The summed E-state index contributed by atoms with van der Waals surface area (Å²) in [6, 6.07) is 0. The lowest BCUT2D eigenvalue weighted by molar-refractivity contribution is -0.137. The van der Waals surface area contributed by atoms with Gasteiger partial charge in [-0.05, 0) is 6.42 Å². The zero-order chi connectivity index (χ0) is 13.4. The Morgan fingerprint density at radius 3 is 1.56 bits per heavy atom. The van der Waals surface area contributed by atoms with E-state index in [9.17, 15) is 13.9 Å². The molecule has 0 amide bonds. The van der Waals surface area contributed by atoms with E-state index in [4.69, 9.17) is 24.7 Å². The fraction of sp³-hybridized carbons (Fsp3) is 0.800. The van der Waals surface area contributed by atoms with Crippen LogP contribution in [0.1, 0.15) is 26.2 Å². The van der Waals surface area contributed by atoms with Crippen LogP contribution in [-0.4, -0.2) is 30.6 Å². The first-order valence-electron chi connectivity index (χ1n) is 4.02. The van der Waals surface area contributed by atoms with Crippen LogP contribution in [0.25, 0.3) is 0 Å². The number of unbranched alkanes of at least 4 members (excludes halogenated alkanes) is 1. The van der Waals surface area contributed by atoms with E-state index in [2.05, 4.69) is 4.31 Å². The normalized spacial score (nSPS) is 11.6. The minimum absolute atomic E-state index is 0.316. The van der Waals surface area contributed by atoms with E-state index in [-0.39, 0.29) is 0 Å². The van der Waals surface area contributed by atoms with Crippen molar-refractivity contribution in [1.29, 1.82) is 0 Å². The predicted octanol–water partition coefficient (Wildman–Crippen LogP) is 0.450. The Morgan fingerprint density at radius 2 is 1.50 bits per heavy atom. The van der Waals surface area contributed by atoms with Gasteiger partial charge in [-0.25, -0.2) is 9.13 Å². The Hall–Kier alpha value is -0.270. The number of hydrogen-bond donors (Lipinski definition) is 5. The Morgan fingerprint density at radius 1 is 1.12 bits per heavy atom. The predicted molar refractivity (Wildman–Crippen MR) is 52.3 cm³/mol. The molecule has 0 aromatic heterocycles. The molecule has 9 nitrogen and oxygen atoms in total. The second-order valence-electron chi connectivity index (χ2n) is 2.56. The number of aliphatic carboxylic acids is 1. The van der Waals surface area contributed by atoms with Crippen LogP contribution < -0.4 is 0 Å². The summed E-state index contributed by atoms with van der Waals surface area (Å²) < 4.78 is 22.2. The average Bonchev–Trinajstić information content (AvgIpc) is 1.94. The first-order valence-corrected chi connectivity index (χ1v) is 7.08. The highest BCUT2D eigenvalue weighted by molar-refractivity contribution is 7.60. The van der Waals surface area contributed by atoms with E-state index >= 15 is 0 Å². The second-order valence-corrected chi connectivity index (χ2v) is 5.18. The maximum Gasteiger partial charge on any atom is 0.478 e. The van der Waals surface area contributed by atoms with E-state index in [1.807, 2.05) is 6.92 Å². The Labute approximate surface area is 91.6 Å². The lowest BCUT2D eigenvalue weighted by atomic mass is 10.3. The molecular weight excluding hydrogens is 266 g/mol. The molecule has 98 valence electrons. The molecule has 0 saturated carbocycles. The minimum atomic E-state index is -5.05.